The van der Waals surface area contributed by atoms with E-state index in [9.17, 15) is 4.39 Å². The summed E-state index contributed by atoms with van der Waals surface area (Å²) in [5.41, 5.74) is 0.710. The first-order chi connectivity index (χ1) is 8.63. The molecule has 0 aliphatic carbocycles. The van der Waals surface area contributed by atoms with Gasteiger partial charge in [-0.05, 0) is 38.8 Å². The van der Waals surface area contributed by atoms with Crippen LogP contribution in [0.2, 0.25) is 0 Å². The maximum atomic E-state index is 13.4. The van der Waals surface area contributed by atoms with E-state index < -0.39 is 0 Å². The molecular weight excluding hydrogens is 229 g/mol. The van der Waals surface area contributed by atoms with Crippen LogP contribution in [0, 0.1) is 5.82 Å². The topological polar surface area (TPSA) is 36.4 Å². The van der Waals surface area contributed by atoms with Gasteiger partial charge in [-0.1, -0.05) is 18.2 Å². The Bertz CT molecular complexity index is 388. The van der Waals surface area contributed by atoms with Crippen LogP contribution in [0.3, 0.4) is 0 Å². The van der Waals surface area contributed by atoms with Crippen LogP contribution in [0.5, 0.6) is 0 Å². The zero-order chi connectivity index (χ0) is 13.4. The molecule has 0 atom stereocenters. The van der Waals surface area contributed by atoms with E-state index in [-0.39, 0.29) is 5.82 Å². The third-order valence-corrected chi connectivity index (χ3v) is 2.38. The van der Waals surface area contributed by atoms with E-state index in [1.807, 2.05) is 13.0 Å². The molecule has 0 unspecified atom stereocenters. The molecule has 4 heteroatoms. The lowest BCUT2D eigenvalue weighted by Gasteiger charge is -2.13. The van der Waals surface area contributed by atoms with Crippen molar-refractivity contribution in [3.8, 4) is 0 Å². The molecule has 1 rings (SSSR count). The predicted molar refractivity (Wildman–Crippen MR) is 74.4 cm³/mol. The molecule has 1 aromatic carbocycles. The minimum absolute atomic E-state index is 0.158. The highest BCUT2D eigenvalue weighted by Gasteiger charge is 2.01. The van der Waals surface area contributed by atoms with Crippen LogP contribution in [0.25, 0.3) is 0 Å². The number of halogens is 1. The number of nitrogens with one attached hydrogen (secondary N) is 2. The lowest BCUT2D eigenvalue weighted by molar-refractivity contribution is 0.609. The van der Waals surface area contributed by atoms with Gasteiger partial charge in [0.25, 0.3) is 0 Å². The van der Waals surface area contributed by atoms with Gasteiger partial charge in [-0.2, -0.15) is 0 Å². The summed E-state index contributed by atoms with van der Waals surface area (Å²) in [5, 5.41) is 6.39. The molecule has 1 aromatic rings. The molecule has 0 aliphatic heterocycles. The van der Waals surface area contributed by atoms with E-state index in [1.165, 1.54) is 6.07 Å². The largest absolute Gasteiger partial charge is 0.357 e. The van der Waals surface area contributed by atoms with Gasteiger partial charge in [0.15, 0.2) is 5.96 Å². The Balaban J connectivity index is 2.53. The molecule has 2 N–H and O–H groups in total. The SMILES string of the molecule is CCNC(=NCCc1ccccc1F)NC(C)C. The maximum absolute atomic E-state index is 13.4. The highest BCUT2D eigenvalue weighted by atomic mass is 19.1. The van der Waals surface area contributed by atoms with Gasteiger partial charge in [0.05, 0.1) is 0 Å². The second-order valence-corrected chi connectivity index (χ2v) is 4.40. The first-order valence-corrected chi connectivity index (χ1v) is 6.41. The van der Waals surface area contributed by atoms with Gasteiger partial charge in [0, 0.05) is 19.1 Å². The smallest absolute Gasteiger partial charge is 0.191 e. The number of aliphatic imine (C=N–C) groups is 1. The number of nitrogens with zero attached hydrogens (tertiary/aromatic N) is 1. The first kappa shape index (κ1) is 14.5. The van der Waals surface area contributed by atoms with Crippen molar-refractivity contribution in [2.75, 3.05) is 13.1 Å². The van der Waals surface area contributed by atoms with E-state index in [2.05, 4.69) is 29.5 Å². The van der Waals surface area contributed by atoms with Gasteiger partial charge < -0.3 is 10.6 Å². The number of guanidine groups is 1. The van der Waals surface area contributed by atoms with Crippen LogP contribution in [-0.4, -0.2) is 25.1 Å². The second-order valence-electron chi connectivity index (χ2n) is 4.40. The maximum Gasteiger partial charge on any atom is 0.191 e. The van der Waals surface area contributed by atoms with Gasteiger partial charge in [-0.15, -0.1) is 0 Å². The highest BCUT2D eigenvalue weighted by Crippen LogP contribution is 2.06. The van der Waals surface area contributed by atoms with Crippen molar-refractivity contribution < 1.29 is 4.39 Å². The van der Waals surface area contributed by atoms with E-state index in [1.54, 1.807) is 12.1 Å². The van der Waals surface area contributed by atoms with E-state index >= 15 is 0 Å². The molecule has 0 saturated heterocycles. The van der Waals surface area contributed by atoms with Crippen LogP contribution in [-0.2, 0) is 6.42 Å². The molecule has 0 heterocycles. The standard InChI is InChI=1S/C14H22FN3/c1-4-16-14(18-11(2)3)17-10-9-12-7-5-6-8-13(12)15/h5-8,11H,4,9-10H2,1-3H3,(H2,16,17,18). The van der Waals surface area contributed by atoms with Gasteiger partial charge in [-0.3, -0.25) is 4.99 Å². The summed E-state index contributed by atoms with van der Waals surface area (Å²) in [5.74, 6) is 0.623. The van der Waals surface area contributed by atoms with Crippen molar-refractivity contribution in [2.45, 2.75) is 33.2 Å². The van der Waals surface area contributed by atoms with Gasteiger partial charge in [0.2, 0.25) is 0 Å². The number of hydrogen-bond acceptors (Lipinski definition) is 1. The molecule has 0 aromatic heterocycles. The number of hydrogen-bond donors (Lipinski definition) is 2. The minimum atomic E-state index is -0.158. The fourth-order valence-electron chi connectivity index (χ4n) is 1.58. The monoisotopic (exact) mass is 251 g/mol. The molecule has 0 saturated carbocycles. The minimum Gasteiger partial charge on any atom is -0.357 e. The third kappa shape index (κ3) is 5.17. The van der Waals surface area contributed by atoms with Crippen molar-refractivity contribution >= 4 is 5.96 Å². The fraction of sp³-hybridized carbons (Fsp3) is 0.500. The van der Waals surface area contributed by atoms with Gasteiger partial charge >= 0.3 is 0 Å². The van der Waals surface area contributed by atoms with Crippen LogP contribution < -0.4 is 10.6 Å². The third-order valence-electron chi connectivity index (χ3n) is 2.38. The van der Waals surface area contributed by atoms with Crippen LogP contribution in [0.4, 0.5) is 4.39 Å². The summed E-state index contributed by atoms with van der Waals surface area (Å²) in [6, 6.07) is 7.16. The molecule has 100 valence electrons. The second kappa shape index (κ2) is 7.69. The Morgan fingerprint density at radius 3 is 2.67 bits per heavy atom. The first-order valence-electron chi connectivity index (χ1n) is 6.41. The van der Waals surface area contributed by atoms with E-state index in [4.69, 9.17) is 0 Å². The Labute approximate surface area is 109 Å². The van der Waals surface area contributed by atoms with Crippen molar-refractivity contribution in [2.24, 2.45) is 4.99 Å². The molecule has 3 nitrogen and oxygen atoms in total. The summed E-state index contributed by atoms with van der Waals surface area (Å²) < 4.78 is 13.4. The van der Waals surface area contributed by atoms with Crippen LogP contribution >= 0.6 is 0 Å². The summed E-state index contributed by atoms with van der Waals surface area (Å²) in [6.07, 6.45) is 0.612. The average molecular weight is 251 g/mol. The molecule has 0 amide bonds. The van der Waals surface area contributed by atoms with Crippen molar-refractivity contribution in [1.29, 1.82) is 0 Å². The van der Waals surface area contributed by atoms with Crippen molar-refractivity contribution in [3.05, 3.63) is 35.6 Å². The van der Waals surface area contributed by atoms with Crippen LogP contribution in [0.15, 0.2) is 29.3 Å². The summed E-state index contributed by atoms with van der Waals surface area (Å²) in [6.45, 7) is 7.53. The lowest BCUT2D eigenvalue weighted by atomic mass is 10.1. The average Bonchev–Trinajstić information content (AvgIpc) is 2.31. The molecule has 0 bridgehead atoms. The summed E-state index contributed by atoms with van der Waals surface area (Å²) in [7, 11) is 0. The van der Waals surface area contributed by atoms with E-state index in [0.29, 0.717) is 24.6 Å². The van der Waals surface area contributed by atoms with E-state index in [0.717, 1.165) is 12.5 Å². The van der Waals surface area contributed by atoms with Crippen molar-refractivity contribution in [3.63, 3.8) is 0 Å². The Morgan fingerprint density at radius 2 is 2.06 bits per heavy atom. The molecule has 0 radical (unpaired) electrons. The molecule has 0 fully saturated rings. The normalized spacial score (nSPS) is 11.7. The Hall–Kier alpha value is -1.58. The number of rotatable bonds is 5. The molecule has 0 spiro atoms. The molecule has 18 heavy (non-hydrogen) atoms. The van der Waals surface area contributed by atoms with Gasteiger partial charge in [0.1, 0.15) is 5.82 Å². The molecule has 0 aliphatic rings. The van der Waals surface area contributed by atoms with Crippen molar-refractivity contribution in [1.82, 2.24) is 10.6 Å². The summed E-state index contributed by atoms with van der Waals surface area (Å²) in [4.78, 5) is 4.42. The lowest BCUT2D eigenvalue weighted by Crippen LogP contribution is -2.41. The highest BCUT2D eigenvalue weighted by molar-refractivity contribution is 5.79. The van der Waals surface area contributed by atoms with Gasteiger partial charge in [-0.25, -0.2) is 4.39 Å². The quantitative estimate of drug-likeness (QED) is 0.622. The predicted octanol–water partition coefficient (Wildman–Crippen LogP) is 2.33. The number of benzene rings is 1. The van der Waals surface area contributed by atoms with Crippen LogP contribution in [0.1, 0.15) is 26.3 Å². The Morgan fingerprint density at radius 1 is 1.33 bits per heavy atom. The zero-order valence-electron chi connectivity index (χ0n) is 11.3. The Kier molecular flexibility index (Phi) is 6.19. The fourth-order valence-corrected chi connectivity index (χ4v) is 1.58. The summed E-state index contributed by atoms with van der Waals surface area (Å²) >= 11 is 0. The molecular formula is C14H22FN3. The zero-order valence-corrected chi connectivity index (χ0v) is 11.3.